The highest BCUT2D eigenvalue weighted by atomic mass is 35.5. The standard InChI is InChI=1S/C9H10ClN7O2/c1-2-16-5-14-15-6(16)3-11-9-7(17(18)19)8(10)12-4-13-9/h4-5H,2-3H2,1H3,(H,11,12,13). The van der Waals surface area contributed by atoms with E-state index < -0.39 is 4.92 Å². The number of nitrogens with zero attached hydrogens (tertiary/aromatic N) is 6. The van der Waals surface area contributed by atoms with E-state index in [1.165, 1.54) is 0 Å². The predicted octanol–water partition coefficient (Wildman–Crippen LogP) is 1.26. The van der Waals surface area contributed by atoms with Crippen LogP contribution in [0.25, 0.3) is 0 Å². The van der Waals surface area contributed by atoms with Gasteiger partial charge in [0.25, 0.3) is 0 Å². The second kappa shape index (κ2) is 5.57. The van der Waals surface area contributed by atoms with Crippen LogP contribution in [0.3, 0.4) is 0 Å². The third kappa shape index (κ3) is 2.76. The third-order valence-electron chi connectivity index (χ3n) is 2.41. The molecule has 0 unspecified atom stereocenters. The summed E-state index contributed by atoms with van der Waals surface area (Å²) in [5.41, 5.74) is -0.355. The first kappa shape index (κ1) is 13.1. The summed E-state index contributed by atoms with van der Waals surface area (Å²) in [5.74, 6) is 0.696. The summed E-state index contributed by atoms with van der Waals surface area (Å²) in [5, 5.41) is 21.2. The fourth-order valence-corrected chi connectivity index (χ4v) is 1.69. The van der Waals surface area contributed by atoms with Gasteiger partial charge in [-0.25, -0.2) is 9.97 Å². The number of rotatable bonds is 5. The average Bonchev–Trinajstić information content (AvgIpc) is 2.83. The molecule has 0 radical (unpaired) electrons. The number of nitro groups is 1. The molecule has 0 fully saturated rings. The Bertz CT molecular complexity index is 600. The quantitative estimate of drug-likeness (QED) is 0.499. The molecule has 0 saturated heterocycles. The molecule has 0 saturated carbocycles. The molecule has 0 aliphatic rings. The molecule has 0 amide bonds. The molecule has 2 heterocycles. The van der Waals surface area contributed by atoms with Crippen LogP contribution in [0.1, 0.15) is 12.7 Å². The van der Waals surface area contributed by atoms with Crippen molar-refractivity contribution in [1.82, 2.24) is 24.7 Å². The zero-order valence-corrected chi connectivity index (χ0v) is 10.7. The Hall–Kier alpha value is -2.29. The second-order valence-electron chi connectivity index (χ2n) is 3.51. The van der Waals surface area contributed by atoms with Crippen molar-refractivity contribution in [2.75, 3.05) is 5.32 Å². The predicted molar refractivity (Wildman–Crippen MR) is 66.7 cm³/mol. The van der Waals surface area contributed by atoms with Crippen molar-refractivity contribution in [3.8, 4) is 0 Å². The molecule has 0 spiro atoms. The van der Waals surface area contributed by atoms with Crippen LogP contribution >= 0.6 is 11.6 Å². The second-order valence-corrected chi connectivity index (χ2v) is 3.86. The molecule has 0 aliphatic heterocycles. The molecule has 19 heavy (non-hydrogen) atoms. The van der Waals surface area contributed by atoms with Gasteiger partial charge in [0.1, 0.15) is 12.7 Å². The lowest BCUT2D eigenvalue weighted by Crippen LogP contribution is -2.10. The fraction of sp³-hybridized carbons (Fsp3) is 0.333. The summed E-state index contributed by atoms with van der Waals surface area (Å²) < 4.78 is 1.81. The smallest absolute Gasteiger partial charge is 0.348 e. The minimum Gasteiger partial charge on any atom is -0.357 e. The summed E-state index contributed by atoms with van der Waals surface area (Å²) in [6, 6.07) is 0. The topological polar surface area (TPSA) is 112 Å². The molecule has 0 aliphatic carbocycles. The van der Waals surface area contributed by atoms with Crippen molar-refractivity contribution in [3.05, 3.63) is 33.7 Å². The van der Waals surface area contributed by atoms with E-state index in [1.807, 2.05) is 11.5 Å². The number of aryl methyl sites for hydroxylation is 1. The molecule has 0 atom stereocenters. The number of hydrogen-bond donors (Lipinski definition) is 1. The van der Waals surface area contributed by atoms with Gasteiger partial charge in [-0.05, 0) is 6.92 Å². The van der Waals surface area contributed by atoms with E-state index >= 15 is 0 Å². The highest BCUT2D eigenvalue weighted by Gasteiger charge is 2.21. The number of hydrogen-bond acceptors (Lipinski definition) is 7. The van der Waals surface area contributed by atoms with Gasteiger partial charge >= 0.3 is 5.69 Å². The van der Waals surface area contributed by atoms with Crippen molar-refractivity contribution in [3.63, 3.8) is 0 Å². The van der Waals surface area contributed by atoms with Gasteiger partial charge in [-0.1, -0.05) is 11.6 Å². The van der Waals surface area contributed by atoms with E-state index in [1.54, 1.807) is 6.33 Å². The maximum Gasteiger partial charge on any atom is 0.348 e. The Morgan fingerprint density at radius 2 is 2.32 bits per heavy atom. The SMILES string of the molecule is CCn1cnnc1CNc1ncnc(Cl)c1[N+](=O)[O-]. The molecule has 2 aromatic rings. The Labute approximate surface area is 112 Å². The Kier molecular flexibility index (Phi) is 3.85. The largest absolute Gasteiger partial charge is 0.357 e. The molecular formula is C9H10ClN7O2. The maximum atomic E-state index is 10.9. The number of anilines is 1. The van der Waals surface area contributed by atoms with Crippen molar-refractivity contribution >= 4 is 23.1 Å². The van der Waals surface area contributed by atoms with Crippen LogP contribution < -0.4 is 5.32 Å². The van der Waals surface area contributed by atoms with Crippen LogP contribution in [0.5, 0.6) is 0 Å². The first-order valence-corrected chi connectivity index (χ1v) is 5.76. The van der Waals surface area contributed by atoms with Crippen LogP contribution in [-0.4, -0.2) is 29.7 Å². The van der Waals surface area contributed by atoms with Gasteiger partial charge in [-0.15, -0.1) is 10.2 Å². The van der Waals surface area contributed by atoms with Crippen molar-refractivity contribution in [1.29, 1.82) is 0 Å². The Balaban J connectivity index is 2.20. The zero-order valence-electron chi connectivity index (χ0n) is 9.95. The van der Waals surface area contributed by atoms with Crippen LogP contribution in [0.15, 0.2) is 12.7 Å². The number of nitrogens with one attached hydrogen (secondary N) is 1. The normalized spacial score (nSPS) is 10.4. The highest BCUT2D eigenvalue weighted by Crippen LogP contribution is 2.28. The van der Waals surface area contributed by atoms with Gasteiger partial charge < -0.3 is 9.88 Å². The third-order valence-corrected chi connectivity index (χ3v) is 2.69. The number of halogens is 1. The van der Waals surface area contributed by atoms with Crippen LogP contribution in [0.4, 0.5) is 11.5 Å². The Morgan fingerprint density at radius 3 is 3.00 bits per heavy atom. The molecule has 9 nitrogen and oxygen atoms in total. The maximum absolute atomic E-state index is 10.9. The molecule has 2 rings (SSSR count). The van der Waals surface area contributed by atoms with Gasteiger partial charge in [0.15, 0.2) is 5.82 Å². The van der Waals surface area contributed by atoms with Gasteiger partial charge in [-0.2, -0.15) is 0 Å². The Morgan fingerprint density at radius 1 is 1.53 bits per heavy atom. The minimum absolute atomic E-state index is 0.0515. The van der Waals surface area contributed by atoms with E-state index in [4.69, 9.17) is 11.6 Å². The van der Waals surface area contributed by atoms with E-state index in [-0.39, 0.29) is 23.2 Å². The summed E-state index contributed by atoms with van der Waals surface area (Å²) in [6.45, 7) is 2.90. The van der Waals surface area contributed by atoms with Gasteiger partial charge in [0.2, 0.25) is 11.0 Å². The van der Waals surface area contributed by atoms with Gasteiger partial charge in [0.05, 0.1) is 11.5 Å². The van der Waals surface area contributed by atoms with Crippen LogP contribution in [0, 0.1) is 10.1 Å². The summed E-state index contributed by atoms with van der Waals surface area (Å²) in [4.78, 5) is 17.7. The monoisotopic (exact) mass is 283 g/mol. The van der Waals surface area contributed by atoms with E-state index in [0.717, 1.165) is 6.33 Å². The average molecular weight is 284 g/mol. The molecular weight excluding hydrogens is 274 g/mol. The summed E-state index contributed by atoms with van der Waals surface area (Å²) in [7, 11) is 0. The minimum atomic E-state index is -0.630. The van der Waals surface area contributed by atoms with Crippen LogP contribution in [0.2, 0.25) is 5.15 Å². The van der Waals surface area contributed by atoms with E-state index in [9.17, 15) is 10.1 Å². The van der Waals surface area contributed by atoms with Crippen LogP contribution in [-0.2, 0) is 13.1 Å². The molecule has 0 aromatic carbocycles. The molecule has 0 bridgehead atoms. The first-order chi connectivity index (χ1) is 9.13. The summed E-state index contributed by atoms with van der Waals surface area (Å²) in [6.07, 6.45) is 2.74. The van der Waals surface area contributed by atoms with E-state index in [2.05, 4.69) is 25.5 Å². The highest BCUT2D eigenvalue weighted by molar-refractivity contribution is 6.31. The molecule has 2 aromatic heterocycles. The van der Waals surface area contributed by atoms with Crippen molar-refractivity contribution in [2.45, 2.75) is 20.0 Å². The lowest BCUT2D eigenvalue weighted by Gasteiger charge is -2.06. The molecule has 1 N–H and O–H groups in total. The fourth-order valence-electron chi connectivity index (χ4n) is 1.49. The molecule has 10 heteroatoms. The lowest BCUT2D eigenvalue weighted by atomic mass is 10.4. The van der Waals surface area contributed by atoms with Crippen molar-refractivity contribution in [2.24, 2.45) is 0 Å². The van der Waals surface area contributed by atoms with E-state index in [0.29, 0.717) is 12.4 Å². The zero-order chi connectivity index (χ0) is 13.8. The lowest BCUT2D eigenvalue weighted by molar-refractivity contribution is -0.384. The van der Waals surface area contributed by atoms with Crippen molar-refractivity contribution < 1.29 is 4.92 Å². The van der Waals surface area contributed by atoms with Gasteiger partial charge in [0, 0.05) is 6.54 Å². The number of aromatic nitrogens is 5. The first-order valence-electron chi connectivity index (χ1n) is 5.39. The molecule has 100 valence electrons. The van der Waals surface area contributed by atoms with Gasteiger partial charge in [-0.3, -0.25) is 10.1 Å². The summed E-state index contributed by atoms with van der Waals surface area (Å²) >= 11 is 5.68.